The van der Waals surface area contributed by atoms with Crippen LogP contribution in [0.4, 0.5) is 0 Å². The van der Waals surface area contributed by atoms with Crippen molar-refractivity contribution in [1.82, 2.24) is 10.5 Å². The van der Waals surface area contributed by atoms with Crippen LogP contribution in [0.1, 0.15) is 25.3 Å². The first-order valence-corrected chi connectivity index (χ1v) is 5.50. The minimum Gasteiger partial charge on any atom is -0.389 e. The van der Waals surface area contributed by atoms with Gasteiger partial charge < -0.3 is 19.7 Å². The number of nitrogens with zero attached hydrogens (tertiary/aromatic N) is 1. The van der Waals surface area contributed by atoms with Crippen LogP contribution in [0, 0.1) is 6.92 Å². The van der Waals surface area contributed by atoms with Crippen molar-refractivity contribution in [2.24, 2.45) is 0 Å². The van der Waals surface area contributed by atoms with Gasteiger partial charge in [0.1, 0.15) is 0 Å². The van der Waals surface area contributed by atoms with Gasteiger partial charge >= 0.3 is 0 Å². The van der Waals surface area contributed by atoms with Crippen LogP contribution in [-0.4, -0.2) is 35.6 Å². The minimum atomic E-state index is -0.494. The minimum absolute atomic E-state index is 0.145. The zero-order chi connectivity index (χ0) is 12.0. The maximum absolute atomic E-state index is 9.55. The molecule has 1 aromatic rings. The van der Waals surface area contributed by atoms with E-state index in [0.717, 1.165) is 11.5 Å². The van der Waals surface area contributed by atoms with Crippen molar-refractivity contribution in [3.63, 3.8) is 0 Å². The lowest BCUT2D eigenvalue weighted by Crippen LogP contribution is -2.30. The molecular formula is C11H20N2O3. The standard InChI is InChI=1S/C11H20N2O3/c1-8(2)15-7-10(14)5-12-6-11-4-9(3)13-16-11/h4,8,10,12,14H,5-7H2,1-3H3. The van der Waals surface area contributed by atoms with Crippen molar-refractivity contribution in [2.75, 3.05) is 13.2 Å². The van der Waals surface area contributed by atoms with Crippen molar-refractivity contribution in [1.29, 1.82) is 0 Å². The van der Waals surface area contributed by atoms with Crippen molar-refractivity contribution in [3.05, 3.63) is 17.5 Å². The lowest BCUT2D eigenvalue weighted by atomic mass is 10.3. The third-order valence-electron chi connectivity index (χ3n) is 1.98. The number of aliphatic hydroxyl groups is 1. The van der Waals surface area contributed by atoms with E-state index >= 15 is 0 Å². The molecule has 16 heavy (non-hydrogen) atoms. The van der Waals surface area contributed by atoms with E-state index in [-0.39, 0.29) is 6.10 Å². The highest BCUT2D eigenvalue weighted by molar-refractivity contribution is 5.02. The van der Waals surface area contributed by atoms with Gasteiger partial charge in [-0.15, -0.1) is 0 Å². The fourth-order valence-corrected chi connectivity index (χ4v) is 1.22. The van der Waals surface area contributed by atoms with E-state index in [1.54, 1.807) is 0 Å². The first-order chi connectivity index (χ1) is 7.58. The van der Waals surface area contributed by atoms with Gasteiger partial charge in [-0.25, -0.2) is 0 Å². The number of hydrogen-bond acceptors (Lipinski definition) is 5. The molecule has 0 aromatic carbocycles. The number of aliphatic hydroxyl groups excluding tert-OH is 1. The number of aryl methyl sites for hydroxylation is 1. The van der Waals surface area contributed by atoms with Crippen molar-refractivity contribution >= 4 is 0 Å². The number of rotatable bonds is 7. The molecule has 1 unspecified atom stereocenters. The average molecular weight is 228 g/mol. The van der Waals surface area contributed by atoms with E-state index in [1.165, 1.54) is 0 Å². The van der Waals surface area contributed by atoms with Gasteiger partial charge in [-0.2, -0.15) is 0 Å². The van der Waals surface area contributed by atoms with E-state index in [1.807, 2.05) is 26.8 Å². The summed E-state index contributed by atoms with van der Waals surface area (Å²) in [5.74, 6) is 0.773. The summed E-state index contributed by atoms with van der Waals surface area (Å²) in [7, 11) is 0. The molecule has 0 saturated heterocycles. The van der Waals surface area contributed by atoms with Gasteiger partial charge in [0.2, 0.25) is 0 Å². The van der Waals surface area contributed by atoms with Crippen LogP contribution in [0.5, 0.6) is 0 Å². The van der Waals surface area contributed by atoms with E-state index in [9.17, 15) is 5.11 Å². The van der Waals surface area contributed by atoms with Gasteiger partial charge in [0.05, 0.1) is 31.1 Å². The Balaban J connectivity index is 2.10. The Morgan fingerprint density at radius 1 is 1.56 bits per heavy atom. The molecule has 0 saturated carbocycles. The van der Waals surface area contributed by atoms with Gasteiger partial charge in [-0.1, -0.05) is 5.16 Å². The van der Waals surface area contributed by atoms with Crippen LogP contribution in [0.15, 0.2) is 10.6 Å². The predicted octanol–water partition coefficient (Wildman–Crippen LogP) is 0.859. The zero-order valence-corrected chi connectivity index (χ0v) is 10.1. The van der Waals surface area contributed by atoms with Crippen molar-refractivity contribution in [3.8, 4) is 0 Å². The van der Waals surface area contributed by atoms with Crippen LogP contribution >= 0.6 is 0 Å². The molecule has 5 nitrogen and oxygen atoms in total. The molecule has 1 heterocycles. The quantitative estimate of drug-likeness (QED) is 0.724. The first-order valence-electron chi connectivity index (χ1n) is 5.50. The van der Waals surface area contributed by atoms with Crippen LogP contribution < -0.4 is 5.32 Å². The van der Waals surface area contributed by atoms with Crippen LogP contribution in [0.3, 0.4) is 0 Å². The Bertz CT molecular complexity index is 299. The molecule has 0 bridgehead atoms. The first kappa shape index (κ1) is 13.2. The molecular weight excluding hydrogens is 208 g/mol. The summed E-state index contributed by atoms with van der Waals surface area (Å²) in [5.41, 5.74) is 0.862. The molecule has 1 atom stereocenters. The molecule has 0 spiro atoms. The second-order valence-electron chi connectivity index (χ2n) is 4.10. The number of hydrogen-bond donors (Lipinski definition) is 2. The van der Waals surface area contributed by atoms with Gasteiger partial charge in [-0.3, -0.25) is 0 Å². The van der Waals surface area contributed by atoms with Crippen molar-refractivity contribution in [2.45, 2.75) is 39.5 Å². The highest BCUT2D eigenvalue weighted by atomic mass is 16.5. The van der Waals surface area contributed by atoms with Gasteiger partial charge in [0, 0.05) is 12.6 Å². The van der Waals surface area contributed by atoms with Gasteiger partial charge in [-0.05, 0) is 20.8 Å². The summed E-state index contributed by atoms with van der Waals surface area (Å²) in [6.07, 6.45) is -0.349. The average Bonchev–Trinajstić information content (AvgIpc) is 2.61. The summed E-state index contributed by atoms with van der Waals surface area (Å²) >= 11 is 0. The zero-order valence-electron chi connectivity index (χ0n) is 10.1. The molecule has 0 aliphatic carbocycles. The summed E-state index contributed by atoms with van der Waals surface area (Å²) in [6, 6.07) is 1.87. The number of nitrogens with one attached hydrogen (secondary N) is 1. The largest absolute Gasteiger partial charge is 0.389 e. The Kier molecular flexibility index (Phi) is 5.45. The predicted molar refractivity (Wildman–Crippen MR) is 60.0 cm³/mol. The second kappa shape index (κ2) is 6.62. The molecule has 5 heteroatoms. The topological polar surface area (TPSA) is 67.5 Å². The highest BCUT2D eigenvalue weighted by Gasteiger charge is 2.06. The van der Waals surface area contributed by atoms with Crippen LogP contribution in [0.25, 0.3) is 0 Å². The molecule has 0 aliphatic heterocycles. The Hall–Kier alpha value is -0.910. The molecule has 0 fully saturated rings. The molecule has 92 valence electrons. The molecule has 0 radical (unpaired) electrons. The molecule has 2 N–H and O–H groups in total. The summed E-state index contributed by atoms with van der Waals surface area (Å²) < 4.78 is 10.3. The monoisotopic (exact) mass is 228 g/mol. The Morgan fingerprint density at radius 3 is 2.88 bits per heavy atom. The van der Waals surface area contributed by atoms with E-state index in [2.05, 4.69) is 10.5 Å². The van der Waals surface area contributed by atoms with E-state index in [4.69, 9.17) is 9.26 Å². The van der Waals surface area contributed by atoms with Gasteiger partial charge in [0.25, 0.3) is 0 Å². The number of ether oxygens (including phenoxy) is 1. The fourth-order valence-electron chi connectivity index (χ4n) is 1.22. The molecule has 0 aliphatic rings. The SMILES string of the molecule is Cc1cc(CNCC(O)COC(C)C)on1. The maximum atomic E-state index is 9.55. The summed E-state index contributed by atoms with van der Waals surface area (Å²) in [5, 5.41) is 16.4. The smallest absolute Gasteiger partial charge is 0.150 e. The van der Waals surface area contributed by atoms with Crippen LogP contribution in [0.2, 0.25) is 0 Å². The van der Waals surface area contributed by atoms with Crippen LogP contribution in [-0.2, 0) is 11.3 Å². The van der Waals surface area contributed by atoms with Gasteiger partial charge in [0.15, 0.2) is 5.76 Å². The molecule has 0 amide bonds. The lowest BCUT2D eigenvalue weighted by Gasteiger charge is -2.13. The summed E-state index contributed by atoms with van der Waals surface area (Å²) in [6.45, 7) is 7.15. The van der Waals surface area contributed by atoms with E-state index in [0.29, 0.717) is 19.7 Å². The molecule has 1 rings (SSSR count). The third kappa shape index (κ3) is 5.25. The normalized spacial score (nSPS) is 13.3. The second-order valence-corrected chi connectivity index (χ2v) is 4.10. The molecule has 1 aromatic heterocycles. The maximum Gasteiger partial charge on any atom is 0.150 e. The number of aromatic nitrogens is 1. The fraction of sp³-hybridized carbons (Fsp3) is 0.727. The summed E-state index contributed by atoms with van der Waals surface area (Å²) in [4.78, 5) is 0. The van der Waals surface area contributed by atoms with E-state index < -0.39 is 6.10 Å². The Morgan fingerprint density at radius 2 is 2.31 bits per heavy atom. The highest BCUT2D eigenvalue weighted by Crippen LogP contribution is 2.01. The lowest BCUT2D eigenvalue weighted by molar-refractivity contribution is 0.00613. The third-order valence-corrected chi connectivity index (χ3v) is 1.98. The van der Waals surface area contributed by atoms with Crippen molar-refractivity contribution < 1.29 is 14.4 Å². The Labute approximate surface area is 95.8 Å².